The summed E-state index contributed by atoms with van der Waals surface area (Å²) in [5.74, 6) is 0.0273. The number of aromatic nitrogens is 2. The van der Waals surface area contributed by atoms with Crippen LogP contribution in [-0.4, -0.2) is 9.97 Å². The molecule has 0 spiro atoms. The first-order valence-electron chi connectivity index (χ1n) is 5.61. The first-order chi connectivity index (χ1) is 9.16. The van der Waals surface area contributed by atoms with Gasteiger partial charge < -0.3 is 5.73 Å². The largest absolute Gasteiger partial charge is 0.383 e. The minimum Gasteiger partial charge on any atom is -0.383 e. The molecule has 1 aromatic carbocycles. The Kier molecular flexibility index (Phi) is 2.80. The molecule has 5 heteroatoms. The van der Waals surface area contributed by atoms with Crippen molar-refractivity contribution in [3.63, 3.8) is 0 Å². The van der Waals surface area contributed by atoms with Crippen molar-refractivity contribution in [2.24, 2.45) is 0 Å². The molecule has 0 saturated carbocycles. The number of nitrogen functional groups attached to an aromatic ring is 1. The number of nitrogens with two attached hydrogens (primary N) is 1. The lowest BCUT2D eigenvalue weighted by Crippen LogP contribution is -1.95. The van der Waals surface area contributed by atoms with Crippen LogP contribution in [0.15, 0.2) is 42.7 Å². The van der Waals surface area contributed by atoms with Crippen LogP contribution in [0.5, 0.6) is 0 Å². The van der Waals surface area contributed by atoms with Crippen LogP contribution in [0.4, 0.5) is 10.2 Å². The third kappa shape index (κ3) is 2.00. The quantitative estimate of drug-likeness (QED) is 0.736. The highest BCUT2D eigenvalue weighted by atomic mass is 35.5. The number of pyridine rings is 2. The van der Waals surface area contributed by atoms with Gasteiger partial charge in [0.1, 0.15) is 11.6 Å². The molecule has 2 N–H and O–H groups in total. The predicted octanol–water partition coefficient (Wildman–Crippen LogP) is 3.67. The molecule has 2 heterocycles. The lowest BCUT2D eigenvalue weighted by Gasteiger charge is -2.07. The van der Waals surface area contributed by atoms with E-state index in [1.54, 1.807) is 18.3 Å². The van der Waals surface area contributed by atoms with E-state index < -0.39 is 0 Å². The van der Waals surface area contributed by atoms with Crippen LogP contribution < -0.4 is 5.73 Å². The fourth-order valence-corrected chi connectivity index (χ4v) is 2.17. The van der Waals surface area contributed by atoms with E-state index >= 15 is 0 Å². The Morgan fingerprint density at radius 3 is 2.74 bits per heavy atom. The van der Waals surface area contributed by atoms with Crippen molar-refractivity contribution in [2.45, 2.75) is 0 Å². The first kappa shape index (κ1) is 11.9. The summed E-state index contributed by atoms with van der Waals surface area (Å²) < 4.78 is 13.6. The molecule has 0 atom stereocenters. The van der Waals surface area contributed by atoms with Crippen molar-refractivity contribution < 1.29 is 4.39 Å². The summed E-state index contributed by atoms with van der Waals surface area (Å²) in [6.07, 6.45) is 3.06. The maximum Gasteiger partial charge on any atom is 0.132 e. The van der Waals surface area contributed by atoms with Gasteiger partial charge in [0, 0.05) is 33.8 Å². The summed E-state index contributed by atoms with van der Waals surface area (Å²) in [5.41, 5.74) is 7.12. The molecule has 0 radical (unpaired) electrons. The smallest absolute Gasteiger partial charge is 0.132 e. The van der Waals surface area contributed by atoms with Crippen LogP contribution in [0.25, 0.3) is 22.0 Å². The number of benzene rings is 1. The van der Waals surface area contributed by atoms with Crippen LogP contribution in [0.1, 0.15) is 0 Å². The van der Waals surface area contributed by atoms with Gasteiger partial charge in [-0.3, -0.25) is 4.98 Å². The predicted molar refractivity (Wildman–Crippen MR) is 74.4 cm³/mol. The molecule has 0 fully saturated rings. The molecule has 94 valence electrons. The highest BCUT2D eigenvalue weighted by molar-refractivity contribution is 6.35. The van der Waals surface area contributed by atoms with Crippen molar-refractivity contribution >= 4 is 28.2 Å². The Bertz CT molecular complexity index is 774. The number of nitrogens with zero attached hydrogens (tertiary/aromatic N) is 2. The van der Waals surface area contributed by atoms with Crippen molar-refractivity contribution in [1.29, 1.82) is 0 Å². The number of halogens is 2. The Balaban J connectivity index is 2.28. The van der Waals surface area contributed by atoms with E-state index in [1.165, 1.54) is 18.3 Å². The van der Waals surface area contributed by atoms with Gasteiger partial charge in [-0.1, -0.05) is 11.6 Å². The van der Waals surface area contributed by atoms with E-state index in [4.69, 9.17) is 17.3 Å². The van der Waals surface area contributed by atoms with Crippen LogP contribution >= 0.6 is 11.6 Å². The van der Waals surface area contributed by atoms with Gasteiger partial charge in [-0.25, -0.2) is 9.37 Å². The van der Waals surface area contributed by atoms with Crippen LogP contribution in [-0.2, 0) is 0 Å². The topological polar surface area (TPSA) is 51.8 Å². The summed E-state index contributed by atoms with van der Waals surface area (Å²) in [4.78, 5) is 8.23. The summed E-state index contributed by atoms with van der Waals surface area (Å²) >= 11 is 6.09. The van der Waals surface area contributed by atoms with Crippen LogP contribution in [0, 0.1) is 5.82 Å². The Morgan fingerprint density at radius 2 is 1.95 bits per heavy atom. The minimum absolute atomic E-state index is 0.349. The number of hydrogen-bond acceptors (Lipinski definition) is 3. The number of rotatable bonds is 1. The van der Waals surface area contributed by atoms with Crippen LogP contribution in [0.2, 0.25) is 5.02 Å². The molecule has 0 aliphatic heterocycles. The minimum atomic E-state index is -0.349. The summed E-state index contributed by atoms with van der Waals surface area (Å²) in [6.45, 7) is 0. The van der Waals surface area contributed by atoms with Gasteiger partial charge in [-0.05, 0) is 30.3 Å². The molecule has 0 amide bonds. The second-order valence-corrected chi connectivity index (χ2v) is 4.49. The Labute approximate surface area is 113 Å². The molecule has 0 saturated heterocycles. The lowest BCUT2D eigenvalue weighted by molar-refractivity contribution is 0.639. The SMILES string of the molecule is Nc1ncccc1-c1cc2c(Cl)ccc(F)c2cn1. The molecule has 0 unspecified atom stereocenters. The molecule has 0 aliphatic carbocycles. The van der Waals surface area contributed by atoms with Crippen molar-refractivity contribution in [3.8, 4) is 11.3 Å². The molecular formula is C14H9ClFN3. The number of hydrogen-bond donors (Lipinski definition) is 1. The third-order valence-electron chi connectivity index (χ3n) is 2.91. The molecular weight excluding hydrogens is 265 g/mol. The van der Waals surface area contributed by atoms with E-state index in [1.807, 2.05) is 6.07 Å². The molecule has 2 aromatic heterocycles. The zero-order chi connectivity index (χ0) is 13.4. The van der Waals surface area contributed by atoms with Gasteiger partial charge in [0.25, 0.3) is 0 Å². The van der Waals surface area contributed by atoms with Gasteiger partial charge in [0.2, 0.25) is 0 Å². The fraction of sp³-hybridized carbons (Fsp3) is 0. The summed E-state index contributed by atoms with van der Waals surface area (Å²) in [6, 6.07) is 8.14. The Hall–Kier alpha value is -2.20. The lowest BCUT2D eigenvalue weighted by atomic mass is 10.1. The van der Waals surface area contributed by atoms with Gasteiger partial charge in [0.15, 0.2) is 0 Å². The van der Waals surface area contributed by atoms with E-state index in [0.29, 0.717) is 32.9 Å². The van der Waals surface area contributed by atoms with Crippen molar-refractivity contribution in [3.05, 3.63) is 53.6 Å². The average Bonchev–Trinajstić information content (AvgIpc) is 2.43. The monoisotopic (exact) mass is 273 g/mol. The normalized spacial score (nSPS) is 10.8. The maximum absolute atomic E-state index is 13.6. The molecule has 19 heavy (non-hydrogen) atoms. The van der Waals surface area contributed by atoms with Crippen molar-refractivity contribution in [2.75, 3.05) is 5.73 Å². The number of fused-ring (bicyclic) bond motifs is 1. The molecule has 3 rings (SSSR count). The zero-order valence-corrected chi connectivity index (χ0v) is 10.5. The van der Waals surface area contributed by atoms with Crippen molar-refractivity contribution in [1.82, 2.24) is 9.97 Å². The van der Waals surface area contributed by atoms with Gasteiger partial charge in [-0.2, -0.15) is 0 Å². The highest BCUT2D eigenvalue weighted by Gasteiger charge is 2.09. The number of anilines is 1. The second kappa shape index (κ2) is 4.48. The van der Waals surface area contributed by atoms with E-state index in [0.717, 1.165) is 0 Å². The van der Waals surface area contributed by atoms with E-state index in [-0.39, 0.29) is 5.82 Å². The summed E-state index contributed by atoms with van der Waals surface area (Å²) in [5, 5.41) is 1.47. The standard InChI is InChI=1S/C14H9ClFN3/c15-11-3-4-12(16)10-7-19-13(6-9(10)11)8-2-1-5-18-14(8)17/h1-7H,(H2,17,18). The molecule has 0 aliphatic rings. The first-order valence-corrected chi connectivity index (χ1v) is 5.99. The van der Waals surface area contributed by atoms with E-state index in [9.17, 15) is 4.39 Å². The fourth-order valence-electron chi connectivity index (χ4n) is 1.95. The molecule has 3 nitrogen and oxygen atoms in total. The van der Waals surface area contributed by atoms with Crippen LogP contribution in [0.3, 0.4) is 0 Å². The van der Waals surface area contributed by atoms with Gasteiger partial charge in [-0.15, -0.1) is 0 Å². The average molecular weight is 274 g/mol. The third-order valence-corrected chi connectivity index (χ3v) is 3.24. The zero-order valence-electron chi connectivity index (χ0n) is 9.77. The highest BCUT2D eigenvalue weighted by Crippen LogP contribution is 2.30. The Morgan fingerprint density at radius 1 is 1.11 bits per heavy atom. The second-order valence-electron chi connectivity index (χ2n) is 4.08. The molecule has 0 bridgehead atoms. The van der Waals surface area contributed by atoms with Gasteiger partial charge >= 0.3 is 0 Å². The maximum atomic E-state index is 13.6. The summed E-state index contributed by atoms with van der Waals surface area (Å²) in [7, 11) is 0. The molecule has 3 aromatic rings. The van der Waals surface area contributed by atoms with E-state index in [2.05, 4.69) is 9.97 Å². The van der Waals surface area contributed by atoms with Gasteiger partial charge in [0.05, 0.1) is 5.69 Å².